The van der Waals surface area contributed by atoms with Crippen molar-refractivity contribution in [1.29, 1.82) is 0 Å². The minimum Gasteiger partial charge on any atom is -0.351 e. The number of hydrogen-bond acceptors (Lipinski definition) is 5. The summed E-state index contributed by atoms with van der Waals surface area (Å²) in [7, 11) is 0. The molecule has 3 aliphatic rings. The highest BCUT2D eigenvalue weighted by Gasteiger charge is 2.43. The van der Waals surface area contributed by atoms with Crippen LogP contribution in [0.1, 0.15) is 30.6 Å². The molecule has 1 N–H and O–H groups in total. The maximum atomic E-state index is 12.4. The SMILES string of the molecule is O=C(CN1C(=O)S/C(=C\c2cccs2)C1=O)NC(C1CC1)C1CC1. The van der Waals surface area contributed by atoms with Crippen LogP contribution in [-0.4, -0.2) is 34.5 Å². The van der Waals surface area contributed by atoms with Gasteiger partial charge < -0.3 is 5.32 Å². The van der Waals surface area contributed by atoms with Gasteiger partial charge in [-0.15, -0.1) is 11.3 Å². The summed E-state index contributed by atoms with van der Waals surface area (Å²) in [6.45, 7) is -0.178. The van der Waals surface area contributed by atoms with E-state index in [-0.39, 0.29) is 29.6 Å². The fourth-order valence-electron chi connectivity index (χ4n) is 3.05. The first-order chi connectivity index (χ1) is 11.6. The normalized spacial score (nSPS) is 22.7. The molecule has 1 aromatic heterocycles. The van der Waals surface area contributed by atoms with Crippen LogP contribution in [0.3, 0.4) is 0 Å². The van der Waals surface area contributed by atoms with Gasteiger partial charge in [0.05, 0.1) is 4.91 Å². The van der Waals surface area contributed by atoms with Gasteiger partial charge in [0.25, 0.3) is 11.1 Å². The summed E-state index contributed by atoms with van der Waals surface area (Å²) >= 11 is 2.41. The Bertz CT molecular complexity index is 693. The Kier molecular flexibility index (Phi) is 4.22. The van der Waals surface area contributed by atoms with Crippen LogP contribution in [-0.2, 0) is 9.59 Å². The van der Waals surface area contributed by atoms with Crippen LogP contribution in [0.4, 0.5) is 4.79 Å². The maximum Gasteiger partial charge on any atom is 0.294 e. The van der Waals surface area contributed by atoms with E-state index < -0.39 is 0 Å². The molecular weight excluding hydrogens is 344 g/mol. The molecule has 1 saturated heterocycles. The van der Waals surface area contributed by atoms with Crippen molar-refractivity contribution < 1.29 is 14.4 Å². The van der Waals surface area contributed by atoms with E-state index in [2.05, 4.69) is 5.32 Å². The quantitative estimate of drug-likeness (QED) is 0.790. The third kappa shape index (κ3) is 3.42. The summed E-state index contributed by atoms with van der Waals surface area (Å²) in [5, 5.41) is 4.61. The van der Waals surface area contributed by atoms with E-state index in [0.717, 1.165) is 21.5 Å². The van der Waals surface area contributed by atoms with Gasteiger partial charge in [0.2, 0.25) is 5.91 Å². The second-order valence-electron chi connectivity index (χ2n) is 6.55. The van der Waals surface area contributed by atoms with Crippen molar-refractivity contribution in [1.82, 2.24) is 10.2 Å². The minimum absolute atomic E-state index is 0.178. The van der Waals surface area contributed by atoms with Gasteiger partial charge >= 0.3 is 0 Å². The molecule has 4 rings (SSSR count). The Morgan fingerprint density at radius 2 is 2.00 bits per heavy atom. The molecule has 24 heavy (non-hydrogen) atoms. The molecule has 7 heteroatoms. The highest BCUT2D eigenvalue weighted by molar-refractivity contribution is 8.18. The zero-order valence-electron chi connectivity index (χ0n) is 13.1. The van der Waals surface area contributed by atoms with Gasteiger partial charge in [0.1, 0.15) is 6.54 Å². The molecule has 0 unspecified atom stereocenters. The topological polar surface area (TPSA) is 66.5 Å². The van der Waals surface area contributed by atoms with Crippen molar-refractivity contribution in [3.8, 4) is 0 Å². The molecule has 126 valence electrons. The number of carbonyl (C=O) groups is 3. The van der Waals surface area contributed by atoms with Crippen LogP contribution in [0.5, 0.6) is 0 Å². The Morgan fingerprint density at radius 3 is 2.58 bits per heavy atom. The molecule has 5 nitrogen and oxygen atoms in total. The van der Waals surface area contributed by atoms with Gasteiger partial charge in [0.15, 0.2) is 0 Å². The minimum atomic E-state index is -0.372. The van der Waals surface area contributed by atoms with E-state index in [9.17, 15) is 14.4 Å². The predicted molar refractivity (Wildman–Crippen MR) is 94.4 cm³/mol. The molecule has 3 fully saturated rings. The lowest BCUT2D eigenvalue weighted by atomic mass is 10.1. The third-order valence-corrected chi connectivity index (χ3v) is 6.31. The maximum absolute atomic E-state index is 12.4. The number of amides is 3. The first kappa shape index (κ1) is 15.9. The van der Waals surface area contributed by atoms with Crippen molar-refractivity contribution in [2.45, 2.75) is 31.7 Å². The van der Waals surface area contributed by atoms with Gasteiger partial charge in [-0.25, -0.2) is 0 Å². The van der Waals surface area contributed by atoms with Crippen molar-refractivity contribution in [3.05, 3.63) is 27.3 Å². The van der Waals surface area contributed by atoms with Crippen LogP contribution in [0.2, 0.25) is 0 Å². The van der Waals surface area contributed by atoms with Crippen molar-refractivity contribution in [3.63, 3.8) is 0 Å². The first-order valence-corrected chi connectivity index (χ1v) is 9.89. The van der Waals surface area contributed by atoms with Crippen LogP contribution in [0.15, 0.2) is 22.4 Å². The van der Waals surface area contributed by atoms with E-state index >= 15 is 0 Å². The predicted octanol–water partition coefficient (Wildman–Crippen LogP) is 3.09. The zero-order chi connectivity index (χ0) is 16.7. The van der Waals surface area contributed by atoms with E-state index in [4.69, 9.17) is 0 Å². The molecule has 2 heterocycles. The smallest absolute Gasteiger partial charge is 0.294 e. The zero-order valence-corrected chi connectivity index (χ0v) is 14.7. The summed E-state index contributed by atoms with van der Waals surface area (Å²) in [5.74, 6) is 0.589. The molecule has 0 atom stereocenters. The van der Waals surface area contributed by atoms with E-state index in [1.807, 2.05) is 17.5 Å². The number of nitrogens with zero attached hydrogens (tertiary/aromatic N) is 1. The lowest BCUT2D eigenvalue weighted by Crippen LogP contribution is -2.45. The molecule has 2 aliphatic carbocycles. The van der Waals surface area contributed by atoms with Crippen LogP contribution in [0, 0.1) is 11.8 Å². The Morgan fingerprint density at radius 1 is 1.29 bits per heavy atom. The Labute approximate surface area is 148 Å². The molecular formula is C17H18N2O3S2. The van der Waals surface area contributed by atoms with Gasteiger partial charge in [-0.05, 0) is 66.8 Å². The number of carbonyl (C=O) groups excluding carboxylic acids is 3. The summed E-state index contributed by atoms with van der Waals surface area (Å²) in [6, 6.07) is 4.02. The lowest BCUT2D eigenvalue weighted by molar-refractivity contribution is -0.129. The average Bonchev–Trinajstić information content (AvgIpc) is 3.48. The lowest BCUT2D eigenvalue weighted by Gasteiger charge is -2.19. The first-order valence-electron chi connectivity index (χ1n) is 8.20. The van der Waals surface area contributed by atoms with Crippen molar-refractivity contribution in [2.75, 3.05) is 6.54 Å². The number of hydrogen-bond donors (Lipinski definition) is 1. The Balaban J connectivity index is 1.39. The van der Waals surface area contributed by atoms with E-state index in [0.29, 0.717) is 16.7 Å². The molecule has 1 aliphatic heterocycles. The number of thioether (sulfide) groups is 1. The highest BCUT2D eigenvalue weighted by Crippen LogP contribution is 2.44. The Hall–Kier alpha value is -1.60. The second-order valence-corrected chi connectivity index (χ2v) is 8.52. The molecule has 2 saturated carbocycles. The van der Waals surface area contributed by atoms with Gasteiger partial charge in [-0.1, -0.05) is 6.07 Å². The monoisotopic (exact) mass is 362 g/mol. The van der Waals surface area contributed by atoms with E-state index in [1.54, 1.807) is 6.08 Å². The fourth-order valence-corrected chi connectivity index (χ4v) is 4.61. The van der Waals surface area contributed by atoms with E-state index in [1.165, 1.54) is 37.0 Å². The summed E-state index contributed by atoms with van der Waals surface area (Å²) in [6.07, 6.45) is 6.41. The molecule has 0 aromatic carbocycles. The van der Waals surface area contributed by atoms with Crippen LogP contribution < -0.4 is 5.32 Å². The standard InChI is InChI=1S/C17H18N2O3S2/c20-14(18-15(10-3-4-10)11-5-6-11)9-19-16(21)13(24-17(19)22)8-12-2-1-7-23-12/h1-2,7-8,10-11,15H,3-6,9H2,(H,18,20)/b13-8-. The number of nitrogens with one attached hydrogen (secondary N) is 1. The van der Waals surface area contributed by atoms with Gasteiger partial charge in [-0.3, -0.25) is 19.3 Å². The average molecular weight is 362 g/mol. The number of thiophene rings is 1. The largest absolute Gasteiger partial charge is 0.351 e. The van der Waals surface area contributed by atoms with Crippen LogP contribution in [0.25, 0.3) is 6.08 Å². The molecule has 0 bridgehead atoms. The van der Waals surface area contributed by atoms with Crippen LogP contribution >= 0.6 is 23.1 Å². The molecule has 1 aromatic rings. The second kappa shape index (κ2) is 6.37. The van der Waals surface area contributed by atoms with Crippen molar-refractivity contribution in [2.24, 2.45) is 11.8 Å². The number of imide groups is 1. The van der Waals surface area contributed by atoms with Gasteiger partial charge in [-0.2, -0.15) is 0 Å². The van der Waals surface area contributed by atoms with Gasteiger partial charge in [0, 0.05) is 10.9 Å². The molecule has 3 amide bonds. The number of rotatable bonds is 6. The third-order valence-electron chi connectivity index (χ3n) is 4.58. The molecule has 0 spiro atoms. The summed E-state index contributed by atoms with van der Waals surface area (Å²) in [5.41, 5.74) is 0. The summed E-state index contributed by atoms with van der Waals surface area (Å²) < 4.78 is 0. The van der Waals surface area contributed by atoms with Crippen molar-refractivity contribution >= 4 is 46.2 Å². The highest BCUT2D eigenvalue weighted by atomic mass is 32.2. The molecule has 0 radical (unpaired) electrons. The summed E-state index contributed by atoms with van der Waals surface area (Å²) in [4.78, 5) is 39.2. The fraction of sp³-hybridized carbons (Fsp3) is 0.471.